The van der Waals surface area contributed by atoms with Crippen LogP contribution in [-0.4, -0.2) is 29.5 Å². The molecule has 1 aliphatic carbocycles. The van der Waals surface area contributed by atoms with Crippen molar-refractivity contribution in [3.05, 3.63) is 41.2 Å². The van der Waals surface area contributed by atoms with E-state index < -0.39 is 24.1 Å². The summed E-state index contributed by atoms with van der Waals surface area (Å²) in [5.41, 5.74) is 6.06. The number of Topliss-reactive ketones (excluding diaryl/α,β-unsaturated/α-hetero) is 1. The number of rotatable bonds is 1. The van der Waals surface area contributed by atoms with Crippen LogP contribution in [-0.2, 0) is 15.1 Å². The summed E-state index contributed by atoms with van der Waals surface area (Å²) in [6.07, 6.45) is -4.98. The van der Waals surface area contributed by atoms with Gasteiger partial charge in [-0.1, -0.05) is 24.3 Å². The average molecular weight is 328 g/mol. The molecule has 3 N–H and O–H groups in total. The van der Waals surface area contributed by atoms with E-state index in [1.165, 1.54) is 0 Å². The quantitative estimate of drug-likeness (QED) is 0.612. The number of hydrogen-bond acceptors (Lipinski definition) is 4. The molecule has 0 saturated heterocycles. The molecule has 0 radical (unpaired) electrons. The van der Waals surface area contributed by atoms with E-state index in [9.17, 15) is 23.1 Å². The van der Waals surface area contributed by atoms with E-state index in [0.29, 0.717) is 30.5 Å². The standard InChI is InChI=1S/C13H14N2O2.C2HF3O/c1-15-10-5-2-4-9(8-10)13(14)7-3-6-11(16)12(13)17;3-2(4,5)1-6/h2,4-5,8,11,16H,3,6-7,14H2;1H. The van der Waals surface area contributed by atoms with Crippen molar-refractivity contribution in [3.63, 3.8) is 0 Å². The molecule has 0 bridgehead atoms. The Morgan fingerprint density at radius 1 is 1.43 bits per heavy atom. The molecule has 8 heteroatoms. The van der Waals surface area contributed by atoms with Gasteiger partial charge < -0.3 is 10.8 Å². The highest BCUT2D eigenvalue weighted by Crippen LogP contribution is 2.33. The Hall–Kier alpha value is -2.24. The minimum absolute atomic E-state index is 0.342. The molecule has 2 atom stereocenters. The van der Waals surface area contributed by atoms with Gasteiger partial charge in [-0.25, -0.2) is 4.85 Å². The molecule has 2 unspecified atom stereocenters. The molecular weight excluding hydrogens is 313 g/mol. The van der Waals surface area contributed by atoms with Crippen LogP contribution in [0.25, 0.3) is 4.85 Å². The molecular formula is C15H15F3N2O3. The summed E-state index contributed by atoms with van der Waals surface area (Å²) in [5.74, 6) is -0.342. The second-order valence-corrected chi connectivity index (χ2v) is 5.07. The number of nitrogens with two attached hydrogens (primary N) is 1. The maximum absolute atomic E-state index is 12.0. The molecule has 0 spiro atoms. The first-order valence-electron chi connectivity index (χ1n) is 6.66. The Labute approximate surface area is 130 Å². The zero-order valence-corrected chi connectivity index (χ0v) is 12.0. The van der Waals surface area contributed by atoms with Gasteiger partial charge in [0.15, 0.2) is 11.5 Å². The predicted octanol–water partition coefficient (Wildman–Crippen LogP) is 2.25. The summed E-state index contributed by atoms with van der Waals surface area (Å²) >= 11 is 0. The smallest absolute Gasteiger partial charge is 0.385 e. The topological polar surface area (TPSA) is 84.8 Å². The van der Waals surface area contributed by atoms with E-state index in [0.717, 1.165) is 0 Å². The van der Waals surface area contributed by atoms with Crippen molar-refractivity contribution in [2.75, 3.05) is 0 Å². The molecule has 0 aliphatic heterocycles. The van der Waals surface area contributed by atoms with Crippen LogP contribution in [0.15, 0.2) is 24.3 Å². The number of aliphatic hydroxyl groups is 1. The lowest BCUT2D eigenvalue weighted by Gasteiger charge is -2.35. The second-order valence-electron chi connectivity index (χ2n) is 5.07. The minimum atomic E-state index is -4.64. The minimum Gasteiger partial charge on any atom is -0.385 e. The fraction of sp³-hybridized carbons (Fsp3) is 0.400. The molecule has 5 nitrogen and oxygen atoms in total. The molecule has 1 aromatic carbocycles. The number of halogens is 3. The van der Waals surface area contributed by atoms with Crippen molar-refractivity contribution in [2.45, 2.75) is 37.1 Å². The van der Waals surface area contributed by atoms with E-state index in [1.807, 2.05) is 0 Å². The number of ketones is 1. The second kappa shape index (κ2) is 7.35. The van der Waals surface area contributed by atoms with Crippen molar-refractivity contribution in [1.82, 2.24) is 0 Å². The third-order valence-electron chi connectivity index (χ3n) is 3.42. The van der Waals surface area contributed by atoms with Gasteiger partial charge in [-0.3, -0.25) is 9.59 Å². The molecule has 0 aromatic heterocycles. The summed E-state index contributed by atoms with van der Waals surface area (Å²) < 4.78 is 31.2. The highest BCUT2D eigenvalue weighted by molar-refractivity contribution is 5.93. The van der Waals surface area contributed by atoms with Crippen LogP contribution in [0.4, 0.5) is 18.9 Å². The molecule has 23 heavy (non-hydrogen) atoms. The number of carbonyl (C=O) groups is 2. The van der Waals surface area contributed by atoms with Gasteiger partial charge in [0.2, 0.25) is 6.29 Å². The lowest BCUT2D eigenvalue weighted by molar-refractivity contribution is -0.156. The number of alkyl halides is 3. The third kappa shape index (κ3) is 4.87. The van der Waals surface area contributed by atoms with Crippen LogP contribution in [0, 0.1) is 6.57 Å². The fourth-order valence-electron chi connectivity index (χ4n) is 2.27. The SMILES string of the molecule is O=CC(F)(F)F.[C-]#[N+]c1cccc(C2(N)CCCC(O)C2=O)c1. The van der Waals surface area contributed by atoms with E-state index >= 15 is 0 Å². The molecule has 1 saturated carbocycles. The largest absolute Gasteiger partial charge is 0.446 e. The van der Waals surface area contributed by atoms with Gasteiger partial charge in [0.05, 0.1) is 6.57 Å². The van der Waals surface area contributed by atoms with Crippen LogP contribution < -0.4 is 5.73 Å². The first-order valence-corrected chi connectivity index (χ1v) is 6.66. The molecule has 1 aliphatic rings. The first-order chi connectivity index (χ1) is 10.6. The molecule has 0 heterocycles. The Morgan fingerprint density at radius 3 is 2.57 bits per heavy atom. The summed E-state index contributed by atoms with van der Waals surface area (Å²) in [5, 5.41) is 9.61. The Kier molecular flexibility index (Phi) is 6.01. The third-order valence-corrected chi connectivity index (χ3v) is 3.42. The number of hydrogen-bond donors (Lipinski definition) is 2. The Morgan fingerprint density at radius 2 is 2.04 bits per heavy atom. The van der Waals surface area contributed by atoms with Crippen LogP contribution in [0.5, 0.6) is 0 Å². The highest BCUT2D eigenvalue weighted by Gasteiger charge is 2.42. The highest BCUT2D eigenvalue weighted by atomic mass is 19.4. The monoisotopic (exact) mass is 328 g/mol. The summed E-state index contributed by atoms with van der Waals surface area (Å²) in [4.78, 5) is 24.0. The van der Waals surface area contributed by atoms with Gasteiger partial charge in [-0.15, -0.1) is 0 Å². The molecule has 1 aromatic rings. The number of aliphatic hydroxyl groups excluding tert-OH is 1. The van der Waals surface area contributed by atoms with Gasteiger partial charge in [-0.05, 0) is 24.8 Å². The van der Waals surface area contributed by atoms with Crippen molar-refractivity contribution in [2.24, 2.45) is 5.73 Å². The number of carbonyl (C=O) groups excluding carboxylic acids is 2. The van der Waals surface area contributed by atoms with Crippen molar-refractivity contribution in [1.29, 1.82) is 0 Å². The Balaban J connectivity index is 0.000000379. The van der Waals surface area contributed by atoms with E-state index in [-0.39, 0.29) is 5.78 Å². The van der Waals surface area contributed by atoms with Crippen molar-refractivity contribution >= 4 is 17.8 Å². The van der Waals surface area contributed by atoms with E-state index in [4.69, 9.17) is 17.1 Å². The molecule has 0 amide bonds. The van der Waals surface area contributed by atoms with Crippen molar-refractivity contribution < 1.29 is 27.9 Å². The number of nitrogens with zero attached hydrogens (tertiary/aromatic N) is 1. The van der Waals surface area contributed by atoms with Gasteiger partial charge in [-0.2, -0.15) is 13.2 Å². The summed E-state index contributed by atoms with van der Waals surface area (Å²) in [6, 6.07) is 6.75. The van der Waals surface area contributed by atoms with Crippen LogP contribution in [0.1, 0.15) is 24.8 Å². The van der Waals surface area contributed by atoms with Crippen LogP contribution in [0.3, 0.4) is 0 Å². The van der Waals surface area contributed by atoms with Gasteiger partial charge >= 0.3 is 6.18 Å². The summed E-state index contributed by atoms with van der Waals surface area (Å²) in [7, 11) is 0. The zero-order valence-electron chi connectivity index (χ0n) is 12.0. The molecule has 1 fully saturated rings. The molecule has 2 rings (SSSR count). The van der Waals surface area contributed by atoms with Gasteiger partial charge in [0.1, 0.15) is 11.6 Å². The molecule has 124 valence electrons. The van der Waals surface area contributed by atoms with Crippen LogP contribution in [0.2, 0.25) is 0 Å². The summed E-state index contributed by atoms with van der Waals surface area (Å²) in [6.45, 7) is 6.96. The Bertz CT molecular complexity index is 625. The number of benzene rings is 1. The van der Waals surface area contributed by atoms with E-state index in [1.54, 1.807) is 24.3 Å². The van der Waals surface area contributed by atoms with E-state index in [2.05, 4.69) is 4.85 Å². The lowest BCUT2D eigenvalue weighted by Crippen LogP contribution is -2.52. The maximum Gasteiger partial charge on any atom is 0.446 e. The van der Waals surface area contributed by atoms with Crippen LogP contribution >= 0.6 is 0 Å². The van der Waals surface area contributed by atoms with Gasteiger partial charge in [0, 0.05) is 0 Å². The predicted molar refractivity (Wildman–Crippen MR) is 75.6 cm³/mol. The average Bonchev–Trinajstić information content (AvgIpc) is 2.52. The first kappa shape index (κ1) is 18.8. The maximum atomic E-state index is 12.0. The lowest BCUT2D eigenvalue weighted by atomic mass is 9.75. The van der Waals surface area contributed by atoms with Crippen molar-refractivity contribution in [3.8, 4) is 0 Å². The number of aldehydes is 1. The fourth-order valence-corrected chi connectivity index (χ4v) is 2.27. The normalized spacial score (nSPS) is 24.2. The zero-order chi connectivity index (χ0) is 17.7. The van der Waals surface area contributed by atoms with Gasteiger partial charge in [0.25, 0.3) is 0 Å².